The topological polar surface area (TPSA) is 101 Å². The Labute approximate surface area is 133 Å². The standard InChI is InChI=1S/C16H17N5O2/c1-11(2)10-18-16(23)14(9-17)15(22)12-4-3-5-13(8-12)21-7-6-19-20-21/h3-8,11,14H,10H2,1-2H3,(H,18,23). The minimum absolute atomic E-state index is 0.240. The van der Waals surface area contributed by atoms with Crippen LogP contribution in [0.5, 0.6) is 0 Å². The molecule has 0 aliphatic rings. The summed E-state index contributed by atoms with van der Waals surface area (Å²) in [6.07, 6.45) is 3.16. The Hall–Kier alpha value is -3.01. The van der Waals surface area contributed by atoms with E-state index in [1.165, 1.54) is 10.9 Å². The second-order valence-corrected chi connectivity index (χ2v) is 5.46. The molecule has 0 bridgehead atoms. The zero-order chi connectivity index (χ0) is 16.8. The maximum atomic E-state index is 12.5. The van der Waals surface area contributed by atoms with Crippen molar-refractivity contribution in [2.45, 2.75) is 13.8 Å². The van der Waals surface area contributed by atoms with Gasteiger partial charge < -0.3 is 5.32 Å². The maximum Gasteiger partial charge on any atom is 0.245 e. The average molecular weight is 311 g/mol. The first-order chi connectivity index (χ1) is 11.0. The number of hydrogen-bond acceptors (Lipinski definition) is 5. The lowest BCUT2D eigenvalue weighted by Gasteiger charge is -2.11. The largest absolute Gasteiger partial charge is 0.354 e. The molecule has 0 spiro atoms. The van der Waals surface area contributed by atoms with Crippen molar-refractivity contribution in [3.8, 4) is 11.8 Å². The number of rotatable bonds is 6. The highest BCUT2D eigenvalue weighted by Crippen LogP contribution is 2.14. The van der Waals surface area contributed by atoms with E-state index in [1.807, 2.05) is 13.8 Å². The van der Waals surface area contributed by atoms with Gasteiger partial charge in [0.2, 0.25) is 5.91 Å². The van der Waals surface area contributed by atoms with Crippen molar-refractivity contribution < 1.29 is 9.59 Å². The van der Waals surface area contributed by atoms with Crippen molar-refractivity contribution in [1.82, 2.24) is 20.3 Å². The molecular weight excluding hydrogens is 294 g/mol. The van der Waals surface area contributed by atoms with E-state index in [4.69, 9.17) is 0 Å². The van der Waals surface area contributed by atoms with Crippen LogP contribution in [-0.2, 0) is 4.79 Å². The predicted molar refractivity (Wildman–Crippen MR) is 82.6 cm³/mol. The van der Waals surface area contributed by atoms with Crippen molar-refractivity contribution >= 4 is 11.7 Å². The van der Waals surface area contributed by atoms with Crippen molar-refractivity contribution in [2.75, 3.05) is 6.54 Å². The predicted octanol–water partition coefficient (Wildman–Crippen LogP) is 1.36. The third-order valence-electron chi connectivity index (χ3n) is 3.16. The van der Waals surface area contributed by atoms with Crippen LogP contribution in [0.1, 0.15) is 24.2 Å². The minimum Gasteiger partial charge on any atom is -0.354 e. The van der Waals surface area contributed by atoms with Gasteiger partial charge >= 0.3 is 0 Å². The molecule has 0 aliphatic carbocycles. The third kappa shape index (κ3) is 4.01. The fourth-order valence-electron chi connectivity index (χ4n) is 1.96. The number of amides is 1. The lowest BCUT2D eigenvalue weighted by atomic mass is 9.97. The van der Waals surface area contributed by atoms with Crippen molar-refractivity contribution in [1.29, 1.82) is 5.26 Å². The summed E-state index contributed by atoms with van der Waals surface area (Å²) in [4.78, 5) is 24.5. The second kappa shape index (κ2) is 7.31. The maximum absolute atomic E-state index is 12.5. The smallest absolute Gasteiger partial charge is 0.245 e. The molecular formula is C16H17N5O2. The van der Waals surface area contributed by atoms with E-state index in [-0.39, 0.29) is 11.5 Å². The summed E-state index contributed by atoms with van der Waals surface area (Å²) in [6.45, 7) is 4.29. The number of carbonyl (C=O) groups excluding carboxylic acids is 2. The van der Waals surface area contributed by atoms with Crippen LogP contribution in [-0.4, -0.2) is 33.2 Å². The highest BCUT2D eigenvalue weighted by molar-refractivity contribution is 6.12. The van der Waals surface area contributed by atoms with Crippen molar-refractivity contribution in [3.05, 3.63) is 42.2 Å². The lowest BCUT2D eigenvalue weighted by molar-refractivity contribution is -0.122. The first kappa shape index (κ1) is 16.4. The van der Waals surface area contributed by atoms with Crippen LogP contribution in [0.15, 0.2) is 36.7 Å². The van der Waals surface area contributed by atoms with Gasteiger partial charge in [-0.25, -0.2) is 4.68 Å². The van der Waals surface area contributed by atoms with E-state index in [0.717, 1.165) is 0 Å². The van der Waals surface area contributed by atoms with E-state index in [1.54, 1.807) is 36.5 Å². The van der Waals surface area contributed by atoms with Gasteiger partial charge in [-0.2, -0.15) is 5.26 Å². The van der Waals surface area contributed by atoms with E-state index in [2.05, 4.69) is 15.6 Å². The van der Waals surface area contributed by atoms with Gasteiger partial charge in [-0.15, -0.1) is 5.10 Å². The molecule has 7 nitrogen and oxygen atoms in total. The molecule has 0 saturated heterocycles. The van der Waals surface area contributed by atoms with Crippen LogP contribution in [0, 0.1) is 23.2 Å². The van der Waals surface area contributed by atoms with E-state index in [9.17, 15) is 14.9 Å². The molecule has 2 aromatic rings. The van der Waals surface area contributed by atoms with Gasteiger partial charge in [-0.3, -0.25) is 9.59 Å². The lowest BCUT2D eigenvalue weighted by Crippen LogP contribution is -2.36. The Balaban J connectivity index is 2.20. The number of aromatic nitrogens is 3. The summed E-state index contributed by atoms with van der Waals surface area (Å²) in [5.41, 5.74) is 0.914. The molecule has 7 heteroatoms. The van der Waals surface area contributed by atoms with Crippen LogP contribution in [0.25, 0.3) is 5.69 Å². The summed E-state index contributed by atoms with van der Waals surface area (Å²) >= 11 is 0. The normalized spacial score (nSPS) is 11.7. The number of ketones is 1. The minimum atomic E-state index is -1.36. The fraction of sp³-hybridized carbons (Fsp3) is 0.312. The van der Waals surface area contributed by atoms with Gasteiger partial charge in [0.05, 0.1) is 24.2 Å². The molecule has 1 aromatic carbocycles. The number of nitrogens with one attached hydrogen (secondary N) is 1. The van der Waals surface area contributed by atoms with Crippen LogP contribution in [0.2, 0.25) is 0 Å². The summed E-state index contributed by atoms with van der Waals surface area (Å²) < 4.78 is 1.50. The van der Waals surface area contributed by atoms with Gasteiger partial charge in [0.1, 0.15) is 0 Å². The van der Waals surface area contributed by atoms with E-state index in [0.29, 0.717) is 12.2 Å². The molecule has 2 rings (SSSR count). The van der Waals surface area contributed by atoms with Crippen LogP contribution >= 0.6 is 0 Å². The summed E-state index contributed by atoms with van der Waals surface area (Å²) in [5, 5.41) is 19.4. The van der Waals surface area contributed by atoms with E-state index >= 15 is 0 Å². The quantitative estimate of drug-likeness (QED) is 0.641. The zero-order valence-electron chi connectivity index (χ0n) is 12.9. The number of Topliss-reactive ketones (excluding diaryl/α,β-unsaturated/α-hetero) is 1. The Morgan fingerprint density at radius 3 is 2.78 bits per heavy atom. The Bertz CT molecular complexity index is 731. The summed E-state index contributed by atoms with van der Waals surface area (Å²) in [7, 11) is 0. The molecule has 1 unspecified atom stereocenters. The molecule has 0 saturated carbocycles. The average Bonchev–Trinajstić information content (AvgIpc) is 3.08. The van der Waals surface area contributed by atoms with Crippen LogP contribution in [0.3, 0.4) is 0 Å². The first-order valence-electron chi connectivity index (χ1n) is 7.21. The molecule has 0 fully saturated rings. The monoisotopic (exact) mass is 311 g/mol. The van der Waals surface area contributed by atoms with Crippen LogP contribution in [0.4, 0.5) is 0 Å². The Kier molecular flexibility index (Phi) is 5.20. The number of carbonyl (C=O) groups is 2. The number of benzene rings is 1. The van der Waals surface area contributed by atoms with Gasteiger partial charge in [-0.1, -0.05) is 31.2 Å². The molecule has 1 amide bonds. The number of nitriles is 1. The second-order valence-electron chi connectivity index (χ2n) is 5.46. The molecule has 118 valence electrons. The van der Waals surface area contributed by atoms with Crippen molar-refractivity contribution in [3.63, 3.8) is 0 Å². The molecule has 1 aromatic heterocycles. The Morgan fingerprint density at radius 2 is 2.17 bits per heavy atom. The Morgan fingerprint density at radius 1 is 1.39 bits per heavy atom. The molecule has 1 N–H and O–H groups in total. The van der Waals surface area contributed by atoms with Gasteiger partial charge in [0, 0.05) is 12.1 Å². The molecule has 0 radical (unpaired) electrons. The zero-order valence-corrected chi connectivity index (χ0v) is 12.9. The number of hydrogen-bond donors (Lipinski definition) is 1. The fourth-order valence-corrected chi connectivity index (χ4v) is 1.96. The molecule has 1 heterocycles. The highest BCUT2D eigenvalue weighted by Gasteiger charge is 2.27. The molecule has 1 atom stereocenters. The molecule has 0 aliphatic heterocycles. The van der Waals surface area contributed by atoms with Gasteiger partial charge in [0.15, 0.2) is 11.7 Å². The van der Waals surface area contributed by atoms with E-state index < -0.39 is 17.6 Å². The van der Waals surface area contributed by atoms with Crippen molar-refractivity contribution in [2.24, 2.45) is 11.8 Å². The van der Waals surface area contributed by atoms with Gasteiger partial charge in [0.25, 0.3) is 0 Å². The first-order valence-corrected chi connectivity index (χ1v) is 7.21. The van der Waals surface area contributed by atoms with Crippen LogP contribution < -0.4 is 5.32 Å². The summed E-state index contributed by atoms with van der Waals surface area (Å²) in [5.74, 6) is -2.23. The third-order valence-corrected chi connectivity index (χ3v) is 3.16. The summed E-state index contributed by atoms with van der Waals surface area (Å²) in [6, 6.07) is 8.36. The molecule has 23 heavy (non-hydrogen) atoms. The highest BCUT2D eigenvalue weighted by atomic mass is 16.2. The SMILES string of the molecule is CC(C)CNC(=O)C(C#N)C(=O)c1cccc(-n2ccnn2)c1. The van der Waals surface area contributed by atoms with Gasteiger partial charge in [-0.05, 0) is 18.1 Å². The number of nitrogens with zero attached hydrogens (tertiary/aromatic N) is 4.